The molecule has 134 valence electrons. The number of aryl methyl sites for hydroxylation is 1. The summed E-state index contributed by atoms with van der Waals surface area (Å²) < 4.78 is 0. The van der Waals surface area contributed by atoms with Crippen molar-refractivity contribution in [3.05, 3.63) is 63.8 Å². The molecule has 0 aliphatic carbocycles. The fourth-order valence-corrected chi connectivity index (χ4v) is 3.66. The molecule has 2 heterocycles. The van der Waals surface area contributed by atoms with E-state index in [-0.39, 0.29) is 5.91 Å². The zero-order valence-electron chi connectivity index (χ0n) is 14.8. The van der Waals surface area contributed by atoms with Gasteiger partial charge in [0.2, 0.25) is 0 Å². The van der Waals surface area contributed by atoms with Crippen LogP contribution in [0, 0.1) is 6.92 Å². The molecule has 0 spiro atoms. The summed E-state index contributed by atoms with van der Waals surface area (Å²) in [4.78, 5) is 24.0. The molecule has 1 N–H and O–H groups in total. The average molecular weight is 387 g/mol. The van der Waals surface area contributed by atoms with Gasteiger partial charge in [0.05, 0.1) is 5.69 Å². The van der Waals surface area contributed by atoms with E-state index in [1.807, 2.05) is 62.3 Å². The van der Waals surface area contributed by atoms with Crippen molar-refractivity contribution in [2.75, 3.05) is 19.0 Å². The number of carbonyl (C=O) groups is 1. The molecule has 5 nitrogen and oxygen atoms in total. The summed E-state index contributed by atoms with van der Waals surface area (Å²) in [5.74, 6) is 0.712. The largest absolute Gasteiger partial charge is 0.362 e. The van der Waals surface area contributed by atoms with Crippen molar-refractivity contribution in [1.82, 2.24) is 15.3 Å². The molecule has 0 saturated heterocycles. The van der Waals surface area contributed by atoms with Gasteiger partial charge < -0.3 is 10.2 Å². The number of aromatic nitrogens is 2. The van der Waals surface area contributed by atoms with E-state index in [2.05, 4.69) is 15.3 Å². The van der Waals surface area contributed by atoms with E-state index in [0.717, 1.165) is 27.6 Å². The molecule has 0 aliphatic rings. The van der Waals surface area contributed by atoms with Crippen LogP contribution in [0.15, 0.2) is 42.6 Å². The Morgan fingerprint density at radius 2 is 1.96 bits per heavy atom. The molecule has 0 atom stereocenters. The van der Waals surface area contributed by atoms with E-state index in [4.69, 9.17) is 11.6 Å². The van der Waals surface area contributed by atoms with Gasteiger partial charge in [-0.15, -0.1) is 11.3 Å². The number of nitrogens with zero attached hydrogens (tertiary/aromatic N) is 3. The molecule has 0 fully saturated rings. The zero-order valence-corrected chi connectivity index (χ0v) is 16.4. The minimum atomic E-state index is -0.131. The molecule has 3 rings (SSSR count). The number of halogens is 1. The van der Waals surface area contributed by atoms with Gasteiger partial charge in [-0.1, -0.05) is 29.8 Å². The summed E-state index contributed by atoms with van der Waals surface area (Å²) >= 11 is 7.31. The van der Waals surface area contributed by atoms with E-state index in [1.165, 1.54) is 11.3 Å². The maximum atomic E-state index is 12.6. The number of pyridine rings is 1. The van der Waals surface area contributed by atoms with Crippen LogP contribution in [0.5, 0.6) is 0 Å². The van der Waals surface area contributed by atoms with Crippen LogP contribution < -0.4 is 10.2 Å². The number of hydrogen-bond donors (Lipinski definition) is 1. The standard InChI is InChI=1S/C19H19ClN4OS/c1-12-16(26-19(23-12)13-6-8-15(20)9-7-13)18(25)22-11-14-5-4-10-21-17(14)24(2)3/h4-10H,11H2,1-3H3,(H,22,25). The fraction of sp³-hybridized carbons (Fsp3) is 0.211. The molecular weight excluding hydrogens is 368 g/mol. The lowest BCUT2D eigenvalue weighted by Gasteiger charge is -2.15. The monoisotopic (exact) mass is 386 g/mol. The van der Waals surface area contributed by atoms with Crippen LogP contribution in [0.1, 0.15) is 20.9 Å². The van der Waals surface area contributed by atoms with Crippen molar-refractivity contribution in [1.29, 1.82) is 0 Å². The number of thiazole rings is 1. The molecule has 0 bridgehead atoms. The third-order valence-electron chi connectivity index (χ3n) is 3.82. The Kier molecular flexibility index (Phi) is 5.54. The maximum Gasteiger partial charge on any atom is 0.263 e. The lowest BCUT2D eigenvalue weighted by Crippen LogP contribution is -2.24. The Hall–Kier alpha value is -2.44. The van der Waals surface area contributed by atoms with Crippen LogP contribution in [0.25, 0.3) is 10.6 Å². The summed E-state index contributed by atoms with van der Waals surface area (Å²) in [6.45, 7) is 2.26. The molecule has 1 aromatic carbocycles. The normalized spacial score (nSPS) is 10.6. The van der Waals surface area contributed by atoms with Gasteiger partial charge in [0.1, 0.15) is 15.7 Å². The number of nitrogens with one attached hydrogen (secondary N) is 1. The summed E-state index contributed by atoms with van der Waals surface area (Å²) in [5.41, 5.74) is 2.63. The Morgan fingerprint density at radius 3 is 2.65 bits per heavy atom. The van der Waals surface area contributed by atoms with Crippen LogP contribution >= 0.6 is 22.9 Å². The van der Waals surface area contributed by atoms with E-state index < -0.39 is 0 Å². The van der Waals surface area contributed by atoms with E-state index >= 15 is 0 Å². The smallest absolute Gasteiger partial charge is 0.263 e. The van der Waals surface area contributed by atoms with Gasteiger partial charge in [-0.3, -0.25) is 4.79 Å². The molecule has 26 heavy (non-hydrogen) atoms. The summed E-state index contributed by atoms with van der Waals surface area (Å²) in [5, 5.41) is 4.45. The van der Waals surface area contributed by atoms with Gasteiger partial charge in [0, 0.05) is 43.0 Å². The molecule has 0 unspecified atom stereocenters. The minimum Gasteiger partial charge on any atom is -0.362 e. The molecule has 0 saturated carbocycles. The first-order chi connectivity index (χ1) is 12.5. The van der Waals surface area contributed by atoms with Crippen LogP contribution in [-0.4, -0.2) is 30.0 Å². The second-order valence-corrected chi connectivity index (χ2v) is 7.44. The van der Waals surface area contributed by atoms with Crippen molar-refractivity contribution in [3.63, 3.8) is 0 Å². The lowest BCUT2D eigenvalue weighted by atomic mass is 10.2. The number of rotatable bonds is 5. The molecule has 3 aromatic rings. The Labute approximate surface area is 161 Å². The average Bonchev–Trinajstić information content (AvgIpc) is 3.02. The molecule has 7 heteroatoms. The summed E-state index contributed by atoms with van der Waals surface area (Å²) in [7, 11) is 3.86. The predicted molar refractivity (Wildman–Crippen MR) is 107 cm³/mol. The van der Waals surface area contributed by atoms with Gasteiger partial charge in [-0.25, -0.2) is 9.97 Å². The highest BCUT2D eigenvalue weighted by molar-refractivity contribution is 7.17. The van der Waals surface area contributed by atoms with Crippen molar-refractivity contribution in [2.24, 2.45) is 0 Å². The van der Waals surface area contributed by atoms with Crippen molar-refractivity contribution in [3.8, 4) is 10.6 Å². The van der Waals surface area contributed by atoms with E-state index in [1.54, 1.807) is 6.20 Å². The van der Waals surface area contributed by atoms with Crippen LogP contribution in [0.3, 0.4) is 0 Å². The second kappa shape index (κ2) is 7.85. The number of benzene rings is 1. The zero-order chi connectivity index (χ0) is 18.7. The van der Waals surface area contributed by atoms with Crippen molar-refractivity contribution < 1.29 is 4.79 Å². The molecular formula is C19H19ClN4OS. The third kappa shape index (κ3) is 4.03. The van der Waals surface area contributed by atoms with Gasteiger partial charge in [-0.2, -0.15) is 0 Å². The van der Waals surface area contributed by atoms with Gasteiger partial charge >= 0.3 is 0 Å². The van der Waals surface area contributed by atoms with Crippen LogP contribution in [0.4, 0.5) is 5.82 Å². The summed E-state index contributed by atoms with van der Waals surface area (Å²) in [6, 6.07) is 11.3. The lowest BCUT2D eigenvalue weighted by molar-refractivity contribution is 0.0954. The molecule has 0 radical (unpaired) electrons. The van der Waals surface area contributed by atoms with E-state index in [0.29, 0.717) is 16.4 Å². The van der Waals surface area contributed by atoms with Crippen molar-refractivity contribution >= 4 is 34.7 Å². The Bertz CT molecular complexity index is 922. The Balaban J connectivity index is 1.76. The minimum absolute atomic E-state index is 0.131. The first kappa shape index (κ1) is 18.4. The molecule has 0 aliphatic heterocycles. The first-order valence-corrected chi connectivity index (χ1v) is 9.28. The van der Waals surface area contributed by atoms with Gasteiger partial charge in [-0.05, 0) is 25.1 Å². The highest BCUT2D eigenvalue weighted by atomic mass is 35.5. The number of amides is 1. The van der Waals surface area contributed by atoms with Gasteiger partial charge in [0.15, 0.2) is 0 Å². The highest BCUT2D eigenvalue weighted by Crippen LogP contribution is 2.29. The van der Waals surface area contributed by atoms with Crippen molar-refractivity contribution in [2.45, 2.75) is 13.5 Å². The molecule has 1 amide bonds. The van der Waals surface area contributed by atoms with Gasteiger partial charge in [0.25, 0.3) is 5.91 Å². The first-order valence-electron chi connectivity index (χ1n) is 8.08. The van der Waals surface area contributed by atoms with E-state index in [9.17, 15) is 4.79 Å². The fourth-order valence-electron chi connectivity index (χ4n) is 2.55. The maximum absolute atomic E-state index is 12.6. The number of carbonyl (C=O) groups excluding carboxylic acids is 1. The van der Waals surface area contributed by atoms with Crippen LogP contribution in [-0.2, 0) is 6.54 Å². The highest BCUT2D eigenvalue weighted by Gasteiger charge is 2.17. The third-order valence-corrected chi connectivity index (χ3v) is 5.28. The predicted octanol–water partition coefficient (Wildman–Crippen LogP) is 4.16. The summed E-state index contributed by atoms with van der Waals surface area (Å²) in [6.07, 6.45) is 1.74. The Morgan fingerprint density at radius 1 is 1.23 bits per heavy atom. The SMILES string of the molecule is Cc1nc(-c2ccc(Cl)cc2)sc1C(=O)NCc1cccnc1N(C)C. The molecule has 2 aromatic heterocycles. The van der Waals surface area contributed by atoms with Crippen LogP contribution in [0.2, 0.25) is 5.02 Å². The number of hydrogen-bond acceptors (Lipinski definition) is 5. The quantitative estimate of drug-likeness (QED) is 0.715. The number of anilines is 1. The topological polar surface area (TPSA) is 58.1 Å². The second-order valence-electron chi connectivity index (χ2n) is 6.00.